The van der Waals surface area contributed by atoms with E-state index in [4.69, 9.17) is 9.84 Å². The van der Waals surface area contributed by atoms with Gasteiger partial charge in [0.15, 0.2) is 6.10 Å². The van der Waals surface area contributed by atoms with Crippen molar-refractivity contribution in [3.8, 4) is 0 Å². The smallest absolute Gasteiger partial charge is 0.334 e. The van der Waals surface area contributed by atoms with E-state index in [9.17, 15) is 9.59 Å². The molecule has 7 nitrogen and oxygen atoms in total. The van der Waals surface area contributed by atoms with Crippen LogP contribution in [0.5, 0.6) is 0 Å². The molecule has 1 aliphatic heterocycles. The standard InChI is InChI=1S/C12H23N3O4/c1-9(2)14(3)5-4-13-12(18)15-6-7-19-10(8-15)11(16)17/h9-10H,4-8H2,1-3H3,(H,13,18)(H,16,17). The van der Waals surface area contributed by atoms with E-state index in [1.54, 1.807) is 0 Å². The Hall–Kier alpha value is -1.34. The molecule has 7 heteroatoms. The number of carbonyl (C=O) groups is 2. The summed E-state index contributed by atoms with van der Waals surface area (Å²) in [4.78, 5) is 26.3. The zero-order chi connectivity index (χ0) is 14.4. The van der Waals surface area contributed by atoms with Crippen LogP contribution in [0.1, 0.15) is 13.8 Å². The molecule has 0 bridgehead atoms. The molecule has 0 aliphatic carbocycles. The van der Waals surface area contributed by atoms with Gasteiger partial charge in [-0.2, -0.15) is 0 Å². The van der Waals surface area contributed by atoms with Gasteiger partial charge < -0.3 is 25.0 Å². The molecule has 1 unspecified atom stereocenters. The number of nitrogens with zero attached hydrogens (tertiary/aromatic N) is 2. The van der Waals surface area contributed by atoms with Crippen molar-refractivity contribution in [3.05, 3.63) is 0 Å². The summed E-state index contributed by atoms with van der Waals surface area (Å²) >= 11 is 0. The number of morpholine rings is 1. The van der Waals surface area contributed by atoms with Crippen molar-refractivity contribution in [3.63, 3.8) is 0 Å². The van der Waals surface area contributed by atoms with Gasteiger partial charge in [0.1, 0.15) is 0 Å². The van der Waals surface area contributed by atoms with Crippen LogP contribution in [0.4, 0.5) is 4.79 Å². The molecule has 19 heavy (non-hydrogen) atoms. The first-order valence-electron chi connectivity index (χ1n) is 6.49. The Morgan fingerprint density at radius 2 is 2.21 bits per heavy atom. The molecule has 110 valence electrons. The lowest BCUT2D eigenvalue weighted by Crippen LogP contribution is -2.52. The van der Waals surface area contributed by atoms with Gasteiger partial charge in [-0.05, 0) is 20.9 Å². The third-order valence-electron chi connectivity index (χ3n) is 3.25. The number of carbonyl (C=O) groups excluding carboxylic acids is 1. The van der Waals surface area contributed by atoms with Crippen LogP contribution in [-0.2, 0) is 9.53 Å². The molecule has 1 rings (SSSR count). The molecule has 1 aliphatic rings. The number of carboxylic acid groups (broad SMARTS) is 1. The minimum Gasteiger partial charge on any atom is -0.479 e. The van der Waals surface area contributed by atoms with E-state index < -0.39 is 12.1 Å². The number of aliphatic carboxylic acids is 1. The number of amides is 2. The van der Waals surface area contributed by atoms with E-state index in [2.05, 4.69) is 24.1 Å². The molecule has 1 saturated heterocycles. The maximum Gasteiger partial charge on any atom is 0.334 e. The second-order valence-electron chi connectivity index (χ2n) is 4.95. The van der Waals surface area contributed by atoms with Crippen LogP contribution in [0.3, 0.4) is 0 Å². The molecule has 0 saturated carbocycles. The summed E-state index contributed by atoms with van der Waals surface area (Å²) < 4.78 is 5.06. The largest absolute Gasteiger partial charge is 0.479 e. The van der Waals surface area contributed by atoms with E-state index in [1.165, 1.54) is 4.90 Å². The highest BCUT2D eigenvalue weighted by Crippen LogP contribution is 2.05. The molecule has 2 amide bonds. The molecule has 0 aromatic rings. The van der Waals surface area contributed by atoms with Gasteiger partial charge >= 0.3 is 12.0 Å². The van der Waals surface area contributed by atoms with Gasteiger partial charge in [-0.1, -0.05) is 0 Å². The monoisotopic (exact) mass is 273 g/mol. The van der Waals surface area contributed by atoms with Crippen LogP contribution in [0.25, 0.3) is 0 Å². The summed E-state index contributed by atoms with van der Waals surface area (Å²) in [6, 6.07) is 0.198. The van der Waals surface area contributed by atoms with E-state index >= 15 is 0 Å². The van der Waals surface area contributed by atoms with Gasteiger partial charge in [-0.3, -0.25) is 0 Å². The van der Waals surface area contributed by atoms with Crippen LogP contribution in [0.15, 0.2) is 0 Å². The summed E-state index contributed by atoms with van der Waals surface area (Å²) in [7, 11) is 1.99. The third kappa shape index (κ3) is 5.04. The van der Waals surface area contributed by atoms with Crippen molar-refractivity contribution < 1.29 is 19.4 Å². The average molecular weight is 273 g/mol. The van der Waals surface area contributed by atoms with Gasteiger partial charge in [0.05, 0.1) is 13.2 Å². The Morgan fingerprint density at radius 1 is 1.53 bits per heavy atom. The van der Waals surface area contributed by atoms with Gasteiger partial charge in [0, 0.05) is 25.7 Å². The van der Waals surface area contributed by atoms with Crippen LogP contribution in [0, 0.1) is 0 Å². The fourth-order valence-corrected chi connectivity index (χ4v) is 1.69. The summed E-state index contributed by atoms with van der Waals surface area (Å²) in [5.41, 5.74) is 0. The Bertz CT molecular complexity index is 322. The molecule has 0 spiro atoms. The first kappa shape index (κ1) is 15.7. The predicted molar refractivity (Wildman–Crippen MR) is 70.1 cm³/mol. The van der Waals surface area contributed by atoms with Gasteiger partial charge in [0.25, 0.3) is 0 Å². The fourth-order valence-electron chi connectivity index (χ4n) is 1.69. The Balaban J connectivity index is 2.31. The van der Waals surface area contributed by atoms with E-state index in [1.807, 2.05) is 7.05 Å². The highest BCUT2D eigenvalue weighted by Gasteiger charge is 2.28. The summed E-state index contributed by atoms with van der Waals surface area (Å²) in [5.74, 6) is -1.03. The maximum atomic E-state index is 11.9. The number of rotatable bonds is 5. The maximum absolute atomic E-state index is 11.9. The zero-order valence-electron chi connectivity index (χ0n) is 11.8. The number of ether oxygens (including phenoxy) is 1. The molecule has 2 N–H and O–H groups in total. The highest BCUT2D eigenvalue weighted by atomic mass is 16.5. The average Bonchev–Trinajstić information content (AvgIpc) is 2.38. The van der Waals surface area contributed by atoms with Crippen molar-refractivity contribution >= 4 is 12.0 Å². The number of carboxylic acids is 1. The summed E-state index contributed by atoms with van der Waals surface area (Å²) in [6.07, 6.45) is -0.919. The van der Waals surface area contributed by atoms with Crippen LogP contribution in [-0.4, -0.2) is 78.9 Å². The first-order valence-corrected chi connectivity index (χ1v) is 6.49. The van der Waals surface area contributed by atoms with Crippen molar-refractivity contribution in [2.45, 2.75) is 26.0 Å². The zero-order valence-corrected chi connectivity index (χ0v) is 11.8. The van der Waals surface area contributed by atoms with Crippen molar-refractivity contribution in [2.75, 3.05) is 39.8 Å². The number of nitrogens with one attached hydrogen (secondary N) is 1. The molecule has 1 atom stereocenters. The van der Waals surface area contributed by atoms with Crippen molar-refractivity contribution in [2.24, 2.45) is 0 Å². The second kappa shape index (κ2) is 7.30. The quantitative estimate of drug-likeness (QED) is 0.726. The Kier molecular flexibility index (Phi) is 6.04. The molecule has 1 heterocycles. The van der Waals surface area contributed by atoms with Crippen molar-refractivity contribution in [1.82, 2.24) is 15.1 Å². The van der Waals surface area contributed by atoms with Crippen LogP contribution in [0.2, 0.25) is 0 Å². The van der Waals surface area contributed by atoms with E-state index in [0.29, 0.717) is 19.1 Å². The number of hydrogen-bond acceptors (Lipinski definition) is 4. The third-order valence-corrected chi connectivity index (χ3v) is 3.25. The highest BCUT2D eigenvalue weighted by molar-refractivity contribution is 5.77. The van der Waals surface area contributed by atoms with E-state index in [0.717, 1.165) is 6.54 Å². The lowest BCUT2D eigenvalue weighted by molar-refractivity contribution is -0.154. The predicted octanol–water partition coefficient (Wildman–Crippen LogP) is -0.178. The van der Waals surface area contributed by atoms with Gasteiger partial charge in [-0.25, -0.2) is 9.59 Å². The minimum atomic E-state index is -1.03. The number of urea groups is 1. The second-order valence-corrected chi connectivity index (χ2v) is 4.95. The lowest BCUT2D eigenvalue weighted by Gasteiger charge is -2.31. The lowest BCUT2D eigenvalue weighted by atomic mass is 10.3. The Morgan fingerprint density at radius 3 is 2.79 bits per heavy atom. The molecular weight excluding hydrogens is 250 g/mol. The van der Waals surface area contributed by atoms with Gasteiger partial charge in [-0.15, -0.1) is 0 Å². The van der Waals surface area contributed by atoms with Crippen LogP contribution >= 0.6 is 0 Å². The minimum absolute atomic E-state index is 0.0984. The normalized spacial score (nSPS) is 19.8. The number of hydrogen-bond donors (Lipinski definition) is 2. The molecular formula is C12H23N3O4. The van der Waals surface area contributed by atoms with Crippen LogP contribution < -0.4 is 5.32 Å². The molecule has 0 aromatic carbocycles. The van der Waals surface area contributed by atoms with E-state index in [-0.39, 0.29) is 19.2 Å². The molecule has 1 fully saturated rings. The number of likely N-dealkylation sites (N-methyl/N-ethyl adjacent to an activating group) is 1. The first-order chi connectivity index (χ1) is 8.91. The summed E-state index contributed by atoms with van der Waals surface area (Å²) in [6.45, 7) is 6.26. The van der Waals surface area contributed by atoms with Crippen molar-refractivity contribution in [1.29, 1.82) is 0 Å². The SMILES string of the molecule is CC(C)N(C)CCNC(=O)N1CCOC(C(=O)O)C1. The topological polar surface area (TPSA) is 82.1 Å². The Labute approximate surface area is 113 Å². The van der Waals surface area contributed by atoms with Gasteiger partial charge in [0.2, 0.25) is 0 Å². The molecule has 0 radical (unpaired) electrons. The fraction of sp³-hybridized carbons (Fsp3) is 0.833. The summed E-state index contributed by atoms with van der Waals surface area (Å²) in [5, 5.41) is 11.7. The molecule has 0 aromatic heterocycles.